The van der Waals surface area contributed by atoms with Crippen LogP contribution in [0.5, 0.6) is 0 Å². The molecule has 0 rings (SSSR count). The molecule has 0 aromatic carbocycles. The molecule has 0 atom stereocenters. The van der Waals surface area contributed by atoms with E-state index in [1.54, 1.807) is 10.6 Å². The van der Waals surface area contributed by atoms with Gasteiger partial charge < -0.3 is 0 Å². The van der Waals surface area contributed by atoms with Crippen LogP contribution in [0.3, 0.4) is 0 Å². The first-order valence-corrected chi connectivity index (χ1v) is 18.4. The molecule has 0 N–H and O–H groups in total. The van der Waals surface area contributed by atoms with E-state index >= 15 is 0 Å². The van der Waals surface area contributed by atoms with Crippen LogP contribution >= 0.6 is 0 Å². The van der Waals surface area contributed by atoms with E-state index in [0.29, 0.717) is 0 Å². The molecule has 1 heteroatoms. The fraction of sp³-hybridized carbons (Fsp3) is 1.00. The first kappa shape index (κ1) is 33.5. The van der Waals surface area contributed by atoms with Crippen LogP contribution in [0.1, 0.15) is 194 Å². The molecule has 0 amide bonds. The van der Waals surface area contributed by atoms with Gasteiger partial charge in [0, 0.05) is 0 Å². The van der Waals surface area contributed by atoms with Crippen LogP contribution in [0.25, 0.3) is 0 Å². The molecule has 33 heavy (non-hydrogen) atoms. The van der Waals surface area contributed by atoms with Crippen LogP contribution < -0.4 is 0 Å². The third-order valence-electron chi connectivity index (χ3n) is 7.28. The summed E-state index contributed by atoms with van der Waals surface area (Å²) >= 11 is 0.953. The Hall–Kier alpha value is 0.519. The van der Waals surface area contributed by atoms with Gasteiger partial charge in [0.05, 0.1) is 0 Å². The topological polar surface area (TPSA) is 0 Å². The summed E-state index contributed by atoms with van der Waals surface area (Å²) in [7, 11) is 0. The summed E-state index contributed by atoms with van der Waals surface area (Å²) in [6.07, 6.45) is 41.6. The standard InChI is InChI=1S/C32H66Se/c1-3-5-7-9-11-13-15-17-19-21-23-25-27-29-31-33-32-30-28-26-24-22-20-18-16-14-12-10-8-6-4-2/h3-32H2,1-2H3. The maximum atomic E-state index is 2.31. The minimum atomic E-state index is 0.953. The van der Waals surface area contributed by atoms with E-state index in [1.807, 2.05) is 0 Å². The molecule has 0 aromatic heterocycles. The summed E-state index contributed by atoms with van der Waals surface area (Å²) in [6.45, 7) is 4.62. The number of hydrogen-bond acceptors (Lipinski definition) is 0. The van der Waals surface area contributed by atoms with E-state index in [0.717, 1.165) is 15.0 Å². The average Bonchev–Trinajstić information content (AvgIpc) is 2.83. The summed E-state index contributed by atoms with van der Waals surface area (Å²) in [5, 5.41) is 3.12. The SMILES string of the molecule is CCCCCCCCCCCCCCCC[Se]CCCCCCCCCCCCCCCC. The van der Waals surface area contributed by atoms with E-state index in [4.69, 9.17) is 0 Å². The van der Waals surface area contributed by atoms with Crippen molar-refractivity contribution in [3.05, 3.63) is 0 Å². The number of hydrogen-bond donors (Lipinski definition) is 0. The minimum absolute atomic E-state index is 0.953. The smallest absolute Gasteiger partial charge is 0.0654 e. The molecule has 0 unspecified atom stereocenters. The minimum Gasteiger partial charge on any atom is -0.0654 e. The number of rotatable bonds is 30. The first-order chi connectivity index (χ1) is 16.4. The van der Waals surface area contributed by atoms with E-state index in [2.05, 4.69) is 13.8 Å². The van der Waals surface area contributed by atoms with Gasteiger partial charge in [-0.25, -0.2) is 0 Å². The average molecular weight is 530 g/mol. The van der Waals surface area contributed by atoms with Crippen LogP contribution in [-0.4, -0.2) is 15.0 Å². The van der Waals surface area contributed by atoms with Crippen molar-refractivity contribution in [1.29, 1.82) is 0 Å². The third kappa shape index (κ3) is 32.5. The summed E-state index contributed by atoms with van der Waals surface area (Å²) in [6, 6.07) is 0. The molecule has 0 heterocycles. The Morgan fingerprint density at radius 2 is 0.424 bits per heavy atom. The zero-order chi connectivity index (χ0) is 23.9. The van der Waals surface area contributed by atoms with Crippen LogP contribution in [0.2, 0.25) is 10.6 Å². The van der Waals surface area contributed by atoms with Crippen molar-refractivity contribution in [1.82, 2.24) is 0 Å². The molecule has 200 valence electrons. The van der Waals surface area contributed by atoms with Crippen molar-refractivity contribution in [2.75, 3.05) is 0 Å². The molecule has 0 bridgehead atoms. The van der Waals surface area contributed by atoms with Gasteiger partial charge >= 0.3 is 167 Å². The van der Waals surface area contributed by atoms with Crippen molar-refractivity contribution in [3.8, 4) is 0 Å². The van der Waals surface area contributed by atoms with Crippen molar-refractivity contribution in [2.45, 2.75) is 204 Å². The molecule has 0 radical (unpaired) electrons. The molecule has 0 fully saturated rings. The van der Waals surface area contributed by atoms with E-state index in [9.17, 15) is 0 Å². The zero-order valence-corrected chi connectivity index (χ0v) is 25.3. The van der Waals surface area contributed by atoms with E-state index in [-0.39, 0.29) is 0 Å². The van der Waals surface area contributed by atoms with Gasteiger partial charge in [-0.2, -0.15) is 0 Å². The van der Waals surface area contributed by atoms with Crippen molar-refractivity contribution >= 4 is 15.0 Å². The molecular formula is C32H66Se. The predicted octanol–water partition coefficient (Wildman–Crippen LogP) is 12.5. The predicted molar refractivity (Wildman–Crippen MR) is 156 cm³/mol. The molecule has 0 spiro atoms. The van der Waals surface area contributed by atoms with Gasteiger partial charge in [-0.3, -0.25) is 0 Å². The Balaban J connectivity index is 2.99. The Labute approximate surface area is 218 Å². The molecule has 0 aromatic rings. The normalized spacial score (nSPS) is 11.5. The summed E-state index contributed by atoms with van der Waals surface area (Å²) < 4.78 is 0. The molecule has 0 saturated carbocycles. The van der Waals surface area contributed by atoms with E-state index in [1.165, 1.54) is 180 Å². The molecular weight excluding hydrogens is 463 g/mol. The zero-order valence-electron chi connectivity index (χ0n) is 23.6. The van der Waals surface area contributed by atoms with Gasteiger partial charge in [-0.1, -0.05) is 52.4 Å². The Bertz CT molecular complexity index is 284. The van der Waals surface area contributed by atoms with Gasteiger partial charge in [0.25, 0.3) is 0 Å². The Kier molecular flexibility index (Phi) is 33.0. The Morgan fingerprint density at radius 3 is 0.636 bits per heavy atom. The Morgan fingerprint density at radius 1 is 0.242 bits per heavy atom. The molecule has 0 saturated heterocycles. The second-order valence-electron chi connectivity index (χ2n) is 10.8. The second-order valence-corrected chi connectivity index (χ2v) is 13.4. The fourth-order valence-corrected chi connectivity index (χ4v) is 7.04. The van der Waals surface area contributed by atoms with Gasteiger partial charge in [0.1, 0.15) is 0 Å². The van der Waals surface area contributed by atoms with Crippen LogP contribution in [0.15, 0.2) is 0 Å². The van der Waals surface area contributed by atoms with Crippen molar-refractivity contribution in [3.63, 3.8) is 0 Å². The summed E-state index contributed by atoms with van der Waals surface area (Å²) in [5.74, 6) is 0. The van der Waals surface area contributed by atoms with E-state index < -0.39 is 0 Å². The van der Waals surface area contributed by atoms with Gasteiger partial charge in [-0.05, 0) is 0 Å². The van der Waals surface area contributed by atoms with Crippen LogP contribution in [0, 0.1) is 0 Å². The van der Waals surface area contributed by atoms with Gasteiger partial charge in [-0.15, -0.1) is 0 Å². The van der Waals surface area contributed by atoms with Gasteiger partial charge in [0.15, 0.2) is 0 Å². The summed E-state index contributed by atoms with van der Waals surface area (Å²) in [5.41, 5.74) is 0. The second kappa shape index (κ2) is 32.5. The quantitative estimate of drug-likeness (QED) is 0.0641. The monoisotopic (exact) mass is 530 g/mol. The maximum absolute atomic E-state index is 2.31. The molecule has 0 nitrogen and oxygen atoms in total. The summed E-state index contributed by atoms with van der Waals surface area (Å²) in [4.78, 5) is 0. The van der Waals surface area contributed by atoms with Gasteiger partial charge in [0.2, 0.25) is 0 Å². The van der Waals surface area contributed by atoms with Crippen molar-refractivity contribution in [2.24, 2.45) is 0 Å². The molecule has 0 aliphatic heterocycles. The van der Waals surface area contributed by atoms with Crippen LogP contribution in [0.4, 0.5) is 0 Å². The van der Waals surface area contributed by atoms with Crippen molar-refractivity contribution < 1.29 is 0 Å². The molecule has 0 aliphatic rings. The fourth-order valence-electron chi connectivity index (χ4n) is 4.90. The van der Waals surface area contributed by atoms with Crippen LogP contribution in [-0.2, 0) is 0 Å². The first-order valence-electron chi connectivity index (χ1n) is 16.0. The number of unbranched alkanes of at least 4 members (excludes halogenated alkanes) is 26. The third-order valence-corrected chi connectivity index (χ3v) is 9.71. The molecule has 0 aliphatic carbocycles.